The molecule has 0 saturated carbocycles. The molecule has 2 N–H and O–H groups in total. The topological polar surface area (TPSA) is 60.8 Å². The van der Waals surface area contributed by atoms with Crippen molar-refractivity contribution < 1.29 is 15.0 Å². The molecular formula is C6H13NO3. The summed E-state index contributed by atoms with van der Waals surface area (Å²) in [7, 11) is 1.59. The summed E-state index contributed by atoms with van der Waals surface area (Å²) >= 11 is 0. The highest BCUT2D eigenvalue weighted by molar-refractivity contribution is 5.75. The van der Waals surface area contributed by atoms with Crippen molar-refractivity contribution in [1.82, 2.24) is 4.90 Å². The summed E-state index contributed by atoms with van der Waals surface area (Å²) in [4.78, 5) is 12.2. The second-order valence-corrected chi connectivity index (χ2v) is 2.01. The molecule has 0 fully saturated rings. The summed E-state index contributed by atoms with van der Waals surface area (Å²) in [6, 6.07) is 0. The Morgan fingerprint density at radius 2 is 2.00 bits per heavy atom. The van der Waals surface area contributed by atoms with Gasteiger partial charge in [0.25, 0.3) is 0 Å². The van der Waals surface area contributed by atoms with E-state index in [2.05, 4.69) is 0 Å². The van der Waals surface area contributed by atoms with Gasteiger partial charge in [-0.3, -0.25) is 4.79 Å². The van der Waals surface area contributed by atoms with Crippen LogP contribution < -0.4 is 0 Å². The molecule has 4 nitrogen and oxygen atoms in total. The molecule has 0 aromatic rings. The maximum atomic E-state index is 10.8. The van der Waals surface area contributed by atoms with E-state index in [9.17, 15) is 4.79 Å². The minimum Gasteiger partial charge on any atom is -0.396 e. The van der Waals surface area contributed by atoms with Gasteiger partial charge < -0.3 is 15.1 Å². The van der Waals surface area contributed by atoms with E-state index in [1.807, 2.05) is 0 Å². The van der Waals surface area contributed by atoms with Crippen molar-refractivity contribution in [2.75, 3.05) is 26.8 Å². The van der Waals surface area contributed by atoms with Crippen LogP contribution in [0.1, 0.15) is 6.42 Å². The van der Waals surface area contributed by atoms with Crippen molar-refractivity contribution in [2.24, 2.45) is 0 Å². The number of carbonyl (C=O) groups excluding carboxylic acids is 1. The molecule has 0 rings (SSSR count). The minimum atomic E-state index is -0.142. The Balaban J connectivity index is 3.49. The molecule has 60 valence electrons. The average Bonchev–Trinajstić information content (AvgIpc) is 1.89. The number of amides is 1. The smallest absolute Gasteiger partial charge is 0.224 e. The maximum absolute atomic E-state index is 10.8. The second kappa shape index (κ2) is 5.20. The summed E-state index contributed by atoms with van der Waals surface area (Å²) < 4.78 is 0. The van der Waals surface area contributed by atoms with E-state index in [1.54, 1.807) is 7.05 Å². The van der Waals surface area contributed by atoms with Gasteiger partial charge in [0.15, 0.2) is 0 Å². The lowest BCUT2D eigenvalue weighted by atomic mass is 10.4. The number of aliphatic hydroxyl groups excluding tert-OH is 2. The van der Waals surface area contributed by atoms with Gasteiger partial charge in [-0.15, -0.1) is 0 Å². The molecule has 0 spiro atoms. The molecule has 0 atom stereocenters. The number of nitrogens with zero attached hydrogens (tertiary/aromatic N) is 1. The standard InChI is InChI=1S/C6H13NO3/c1-7(3-5-9)6(10)2-4-8/h8-9H,2-5H2,1H3. The molecule has 0 aromatic heterocycles. The van der Waals surface area contributed by atoms with Crippen molar-refractivity contribution in [3.05, 3.63) is 0 Å². The van der Waals surface area contributed by atoms with Gasteiger partial charge in [0.05, 0.1) is 13.2 Å². The zero-order chi connectivity index (χ0) is 7.98. The molecule has 0 unspecified atom stereocenters. The monoisotopic (exact) mass is 147 g/mol. The highest BCUT2D eigenvalue weighted by atomic mass is 16.3. The summed E-state index contributed by atoms with van der Waals surface area (Å²) in [6.45, 7) is 0.168. The van der Waals surface area contributed by atoms with Crippen LogP contribution in [0.4, 0.5) is 0 Å². The Kier molecular flexibility index (Phi) is 4.88. The lowest BCUT2D eigenvalue weighted by Crippen LogP contribution is -2.29. The maximum Gasteiger partial charge on any atom is 0.224 e. The zero-order valence-electron chi connectivity index (χ0n) is 6.08. The molecule has 0 radical (unpaired) electrons. The van der Waals surface area contributed by atoms with Gasteiger partial charge in [-0.05, 0) is 0 Å². The molecule has 0 saturated heterocycles. The first-order valence-corrected chi connectivity index (χ1v) is 3.18. The number of likely N-dealkylation sites (N-methyl/N-ethyl adjacent to an activating group) is 1. The van der Waals surface area contributed by atoms with Crippen LogP contribution in [0.2, 0.25) is 0 Å². The van der Waals surface area contributed by atoms with Gasteiger partial charge in [0.1, 0.15) is 0 Å². The minimum absolute atomic E-state index is 0.0341. The van der Waals surface area contributed by atoms with Gasteiger partial charge in [0.2, 0.25) is 5.91 Å². The lowest BCUT2D eigenvalue weighted by molar-refractivity contribution is -0.131. The molecule has 0 bridgehead atoms. The molecule has 10 heavy (non-hydrogen) atoms. The average molecular weight is 147 g/mol. The van der Waals surface area contributed by atoms with E-state index in [4.69, 9.17) is 10.2 Å². The summed E-state index contributed by atoms with van der Waals surface area (Å²) in [5.74, 6) is -0.142. The predicted molar refractivity (Wildman–Crippen MR) is 36.4 cm³/mol. The zero-order valence-corrected chi connectivity index (χ0v) is 6.08. The van der Waals surface area contributed by atoms with Crippen LogP contribution in [0.25, 0.3) is 0 Å². The fourth-order valence-electron chi connectivity index (χ4n) is 0.561. The van der Waals surface area contributed by atoms with Crippen LogP contribution in [0.5, 0.6) is 0 Å². The molecule has 0 aliphatic carbocycles. The van der Waals surface area contributed by atoms with Crippen molar-refractivity contribution in [3.63, 3.8) is 0 Å². The largest absolute Gasteiger partial charge is 0.396 e. The first-order valence-electron chi connectivity index (χ1n) is 3.18. The number of hydrogen-bond acceptors (Lipinski definition) is 3. The summed E-state index contributed by atoms with van der Waals surface area (Å²) in [5.41, 5.74) is 0. The molecule has 0 aliphatic rings. The van der Waals surface area contributed by atoms with Gasteiger partial charge in [-0.1, -0.05) is 0 Å². The fraction of sp³-hybridized carbons (Fsp3) is 0.833. The third-order valence-electron chi connectivity index (χ3n) is 1.19. The SMILES string of the molecule is CN(CCO)C(=O)CCO. The van der Waals surface area contributed by atoms with Crippen molar-refractivity contribution in [3.8, 4) is 0 Å². The van der Waals surface area contributed by atoms with Crippen molar-refractivity contribution in [1.29, 1.82) is 0 Å². The molecule has 0 aromatic carbocycles. The van der Waals surface area contributed by atoms with Crippen molar-refractivity contribution in [2.45, 2.75) is 6.42 Å². The van der Waals surface area contributed by atoms with Crippen LogP contribution in [-0.2, 0) is 4.79 Å². The normalized spacial score (nSPS) is 9.50. The van der Waals surface area contributed by atoms with Crippen molar-refractivity contribution >= 4 is 5.91 Å². The quantitative estimate of drug-likeness (QED) is 0.526. The van der Waals surface area contributed by atoms with Gasteiger partial charge in [-0.2, -0.15) is 0 Å². The molecule has 1 amide bonds. The van der Waals surface area contributed by atoms with Crippen LogP contribution in [0, 0.1) is 0 Å². The Labute approximate surface area is 60.1 Å². The first-order chi connectivity index (χ1) is 4.72. The number of carbonyl (C=O) groups is 1. The van der Waals surface area contributed by atoms with Crippen LogP contribution in [0.15, 0.2) is 0 Å². The molecule has 0 heterocycles. The Hall–Kier alpha value is -0.610. The molecule has 0 aliphatic heterocycles. The number of hydrogen-bond donors (Lipinski definition) is 2. The van der Waals surface area contributed by atoms with Crippen LogP contribution >= 0.6 is 0 Å². The first kappa shape index (κ1) is 9.39. The van der Waals surface area contributed by atoms with Gasteiger partial charge in [0, 0.05) is 20.0 Å². The number of aliphatic hydroxyl groups is 2. The van der Waals surface area contributed by atoms with E-state index < -0.39 is 0 Å². The number of rotatable bonds is 4. The van der Waals surface area contributed by atoms with E-state index in [0.717, 1.165) is 0 Å². The van der Waals surface area contributed by atoms with Crippen LogP contribution in [0.3, 0.4) is 0 Å². The van der Waals surface area contributed by atoms with E-state index >= 15 is 0 Å². The van der Waals surface area contributed by atoms with Gasteiger partial charge >= 0.3 is 0 Å². The molecular weight excluding hydrogens is 134 g/mol. The van der Waals surface area contributed by atoms with E-state index in [1.165, 1.54) is 4.90 Å². The third kappa shape index (κ3) is 3.42. The Morgan fingerprint density at radius 1 is 1.40 bits per heavy atom. The van der Waals surface area contributed by atoms with Gasteiger partial charge in [-0.25, -0.2) is 0 Å². The van der Waals surface area contributed by atoms with E-state index in [-0.39, 0.29) is 25.5 Å². The highest BCUT2D eigenvalue weighted by Crippen LogP contribution is 1.87. The second-order valence-electron chi connectivity index (χ2n) is 2.01. The van der Waals surface area contributed by atoms with E-state index in [0.29, 0.717) is 6.54 Å². The summed E-state index contributed by atoms with van der Waals surface area (Å²) in [6.07, 6.45) is 0.135. The third-order valence-corrected chi connectivity index (χ3v) is 1.19. The fourth-order valence-corrected chi connectivity index (χ4v) is 0.561. The van der Waals surface area contributed by atoms with Crippen LogP contribution in [-0.4, -0.2) is 47.8 Å². The lowest BCUT2D eigenvalue weighted by Gasteiger charge is -2.14. The Bertz CT molecular complexity index is 105. The Morgan fingerprint density at radius 3 is 2.40 bits per heavy atom. The highest BCUT2D eigenvalue weighted by Gasteiger charge is 2.05. The predicted octanol–water partition coefficient (Wildman–Crippen LogP) is -1.18. The summed E-state index contributed by atoms with van der Waals surface area (Å²) in [5, 5.41) is 16.7. The molecule has 4 heteroatoms.